The number of nitro groups is 1. The third-order valence-electron chi connectivity index (χ3n) is 2.26. The van der Waals surface area contributed by atoms with Gasteiger partial charge >= 0.3 is 0 Å². The molecular formula is C12H9N2O3S-. The molecule has 0 fully saturated rings. The Balaban J connectivity index is 2.15. The van der Waals surface area contributed by atoms with Gasteiger partial charge in [-0.25, -0.2) is 0 Å². The Morgan fingerprint density at radius 2 is 2.22 bits per heavy atom. The van der Waals surface area contributed by atoms with Gasteiger partial charge in [0.15, 0.2) is 0 Å². The fourth-order valence-electron chi connectivity index (χ4n) is 1.39. The number of hydrogen-bond acceptors (Lipinski definition) is 5. The zero-order chi connectivity index (χ0) is 13.0. The lowest BCUT2D eigenvalue weighted by molar-refractivity contribution is -0.385. The van der Waals surface area contributed by atoms with Gasteiger partial charge in [0.2, 0.25) is 0 Å². The summed E-state index contributed by atoms with van der Waals surface area (Å²) in [6.45, 7) is 0.472. The Kier molecular flexibility index (Phi) is 3.69. The van der Waals surface area contributed by atoms with Crippen LogP contribution in [0.15, 0.2) is 40.7 Å². The van der Waals surface area contributed by atoms with Crippen molar-refractivity contribution in [2.45, 2.75) is 6.54 Å². The van der Waals surface area contributed by atoms with Gasteiger partial charge in [-0.1, -0.05) is 17.9 Å². The SMILES string of the molecule is O=[N+]([O-])c1ccc([O-])c(C=NCc2cccs2)c1. The molecule has 2 rings (SSSR count). The van der Waals surface area contributed by atoms with E-state index >= 15 is 0 Å². The fourth-order valence-corrected chi connectivity index (χ4v) is 2.02. The summed E-state index contributed by atoms with van der Waals surface area (Å²) in [5.41, 5.74) is 0.132. The van der Waals surface area contributed by atoms with Crippen molar-refractivity contribution in [1.29, 1.82) is 0 Å². The largest absolute Gasteiger partial charge is 0.872 e. The van der Waals surface area contributed by atoms with Crippen LogP contribution in [0.5, 0.6) is 5.75 Å². The first-order chi connectivity index (χ1) is 8.66. The minimum Gasteiger partial charge on any atom is -0.872 e. The molecule has 0 radical (unpaired) electrons. The molecule has 1 heterocycles. The van der Waals surface area contributed by atoms with E-state index in [4.69, 9.17) is 0 Å². The van der Waals surface area contributed by atoms with Gasteiger partial charge < -0.3 is 5.11 Å². The summed E-state index contributed by atoms with van der Waals surface area (Å²) in [6, 6.07) is 7.47. The van der Waals surface area contributed by atoms with E-state index in [0.717, 1.165) is 4.88 Å². The Bertz CT molecular complexity index is 579. The van der Waals surface area contributed by atoms with Crippen LogP contribution in [0.2, 0.25) is 0 Å². The number of nitrogens with zero attached hydrogens (tertiary/aromatic N) is 2. The van der Waals surface area contributed by atoms with E-state index in [1.807, 2.05) is 17.5 Å². The van der Waals surface area contributed by atoms with Gasteiger partial charge in [-0.15, -0.1) is 11.3 Å². The second-order valence-electron chi connectivity index (χ2n) is 3.53. The van der Waals surface area contributed by atoms with Gasteiger partial charge in [0, 0.05) is 23.2 Å². The summed E-state index contributed by atoms with van der Waals surface area (Å²) >= 11 is 1.57. The molecule has 0 aliphatic carbocycles. The van der Waals surface area contributed by atoms with Crippen molar-refractivity contribution in [2.75, 3.05) is 0 Å². The number of hydrogen-bond donors (Lipinski definition) is 0. The predicted molar refractivity (Wildman–Crippen MR) is 68.2 cm³/mol. The normalized spacial score (nSPS) is 10.9. The van der Waals surface area contributed by atoms with Crippen LogP contribution in [0.3, 0.4) is 0 Å². The molecule has 0 atom stereocenters. The van der Waals surface area contributed by atoms with Crippen LogP contribution in [0.25, 0.3) is 0 Å². The van der Waals surface area contributed by atoms with Crippen LogP contribution < -0.4 is 5.11 Å². The van der Waals surface area contributed by atoms with Crippen molar-refractivity contribution in [3.8, 4) is 5.75 Å². The van der Waals surface area contributed by atoms with Crippen molar-refractivity contribution in [3.63, 3.8) is 0 Å². The van der Waals surface area contributed by atoms with E-state index in [0.29, 0.717) is 6.54 Å². The van der Waals surface area contributed by atoms with Crippen LogP contribution in [-0.4, -0.2) is 11.1 Å². The van der Waals surface area contributed by atoms with Gasteiger partial charge in [-0.05, 0) is 17.0 Å². The molecule has 6 heteroatoms. The van der Waals surface area contributed by atoms with Crippen molar-refractivity contribution in [3.05, 3.63) is 56.3 Å². The van der Waals surface area contributed by atoms with E-state index in [-0.39, 0.29) is 17.0 Å². The maximum absolute atomic E-state index is 11.5. The third-order valence-corrected chi connectivity index (χ3v) is 3.12. The van der Waals surface area contributed by atoms with E-state index in [2.05, 4.69) is 4.99 Å². The Morgan fingerprint density at radius 1 is 1.39 bits per heavy atom. The lowest BCUT2D eigenvalue weighted by Gasteiger charge is -2.08. The van der Waals surface area contributed by atoms with Crippen LogP contribution in [0.4, 0.5) is 5.69 Å². The lowest BCUT2D eigenvalue weighted by Crippen LogP contribution is -1.98. The minimum absolute atomic E-state index is 0.104. The Morgan fingerprint density at radius 3 is 2.89 bits per heavy atom. The van der Waals surface area contributed by atoms with Crippen molar-refractivity contribution < 1.29 is 10.0 Å². The highest BCUT2D eigenvalue weighted by molar-refractivity contribution is 7.09. The maximum atomic E-state index is 11.5. The smallest absolute Gasteiger partial charge is 0.270 e. The average molecular weight is 261 g/mol. The molecule has 0 unspecified atom stereocenters. The van der Waals surface area contributed by atoms with E-state index in [1.165, 1.54) is 24.4 Å². The summed E-state index contributed by atoms with van der Waals surface area (Å²) in [5.74, 6) is -0.268. The zero-order valence-electron chi connectivity index (χ0n) is 9.28. The van der Waals surface area contributed by atoms with Crippen LogP contribution in [0.1, 0.15) is 10.4 Å². The van der Waals surface area contributed by atoms with Gasteiger partial charge in [0.1, 0.15) is 0 Å². The lowest BCUT2D eigenvalue weighted by atomic mass is 10.2. The predicted octanol–water partition coefficient (Wildman–Crippen LogP) is 2.35. The first kappa shape index (κ1) is 12.3. The van der Waals surface area contributed by atoms with Crippen molar-refractivity contribution in [1.82, 2.24) is 0 Å². The van der Waals surface area contributed by atoms with E-state index < -0.39 is 4.92 Å². The van der Waals surface area contributed by atoms with Gasteiger partial charge in [0.25, 0.3) is 5.69 Å². The summed E-state index contributed by atoms with van der Waals surface area (Å²) < 4.78 is 0. The second kappa shape index (κ2) is 5.42. The van der Waals surface area contributed by atoms with E-state index in [9.17, 15) is 15.2 Å². The number of thiophene rings is 1. The molecule has 18 heavy (non-hydrogen) atoms. The summed E-state index contributed by atoms with van der Waals surface area (Å²) in [4.78, 5) is 15.2. The highest BCUT2D eigenvalue weighted by Gasteiger charge is 2.05. The molecule has 1 aromatic heterocycles. The standard InChI is InChI=1S/C12H10N2O3S/c15-12-4-3-10(14(16)17)6-9(12)7-13-8-11-2-1-5-18-11/h1-7,15H,8H2/p-1. The molecule has 92 valence electrons. The summed E-state index contributed by atoms with van der Waals surface area (Å²) in [6.07, 6.45) is 1.38. The fraction of sp³-hybridized carbons (Fsp3) is 0.0833. The first-order valence-corrected chi connectivity index (χ1v) is 6.02. The van der Waals surface area contributed by atoms with E-state index in [1.54, 1.807) is 11.3 Å². The van der Waals surface area contributed by atoms with Crippen LogP contribution >= 0.6 is 11.3 Å². The quantitative estimate of drug-likeness (QED) is 0.481. The molecule has 0 aliphatic rings. The molecule has 0 N–H and O–H groups in total. The molecule has 0 aliphatic heterocycles. The van der Waals surface area contributed by atoms with Gasteiger partial charge in [0.05, 0.1) is 11.5 Å². The third kappa shape index (κ3) is 2.92. The highest BCUT2D eigenvalue weighted by atomic mass is 32.1. The molecule has 0 saturated heterocycles. The topological polar surface area (TPSA) is 78.6 Å². The maximum Gasteiger partial charge on any atom is 0.270 e. The molecule has 0 amide bonds. The molecular weight excluding hydrogens is 252 g/mol. The summed E-state index contributed by atoms with van der Waals surface area (Å²) in [5, 5.41) is 24.0. The van der Waals surface area contributed by atoms with Gasteiger partial charge in [-0.2, -0.15) is 0 Å². The van der Waals surface area contributed by atoms with Crippen LogP contribution in [0, 0.1) is 10.1 Å². The zero-order valence-corrected chi connectivity index (χ0v) is 10.1. The van der Waals surface area contributed by atoms with Crippen molar-refractivity contribution >= 4 is 23.2 Å². The van der Waals surface area contributed by atoms with Gasteiger partial charge in [-0.3, -0.25) is 15.1 Å². The van der Waals surface area contributed by atoms with Crippen molar-refractivity contribution in [2.24, 2.45) is 4.99 Å². The Hall–Kier alpha value is -2.21. The minimum atomic E-state index is -0.532. The number of benzene rings is 1. The second-order valence-corrected chi connectivity index (χ2v) is 4.56. The number of non-ortho nitro benzene ring substituents is 1. The number of rotatable bonds is 4. The highest BCUT2D eigenvalue weighted by Crippen LogP contribution is 2.19. The average Bonchev–Trinajstić information content (AvgIpc) is 2.84. The number of nitro benzene ring substituents is 1. The molecule has 2 aromatic rings. The molecule has 5 nitrogen and oxygen atoms in total. The monoisotopic (exact) mass is 261 g/mol. The molecule has 0 bridgehead atoms. The number of aliphatic imine (C=N–C) groups is 1. The molecule has 1 aromatic carbocycles. The first-order valence-electron chi connectivity index (χ1n) is 5.14. The summed E-state index contributed by atoms with van der Waals surface area (Å²) in [7, 11) is 0. The molecule has 0 spiro atoms. The van der Waals surface area contributed by atoms with Crippen LogP contribution in [-0.2, 0) is 6.54 Å². The Labute approximate surface area is 107 Å². The molecule has 0 saturated carbocycles.